The smallest absolute Gasteiger partial charge is 0.248 e. The van der Waals surface area contributed by atoms with Crippen LogP contribution < -0.4 is 11.1 Å². The number of hydrogen-bond donors (Lipinski definition) is 2. The summed E-state index contributed by atoms with van der Waals surface area (Å²) in [6.45, 7) is 0.605. The zero-order valence-electron chi connectivity index (χ0n) is 17.2. The van der Waals surface area contributed by atoms with E-state index in [1.807, 2.05) is 53.3 Å². The molecule has 0 fully saturated rings. The lowest BCUT2D eigenvalue weighted by Gasteiger charge is -2.03. The average Bonchev–Trinajstić information content (AvgIpc) is 3.21. The normalized spacial score (nSPS) is 10.9. The van der Waals surface area contributed by atoms with Gasteiger partial charge in [-0.05, 0) is 42.0 Å². The molecule has 2 heterocycles. The van der Waals surface area contributed by atoms with E-state index in [1.165, 1.54) is 12.1 Å². The van der Waals surface area contributed by atoms with Gasteiger partial charge in [-0.3, -0.25) is 19.3 Å². The predicted octanol–water partition coefficient (Wildman–Crippen LogP) is 3.74. The van der Waals surface area contributed by atoms with E-state index in [0.29, 0.717) is 17.8 Å². The van der Waals surface area contributed by atoms with Crippen molar-refractivity contribution in [1.29, 1.82) is 0 Å². The van der Waals surface area contributed by atoms with E-state index in [0.717, 1.165) is 22.4 Å². The quantitative estimate of drug-likeness (QED) is 0.442. The summed E-state index contributed by atoms with van der Waals surface area (Å²) in [7, 11) is 0. The van der Waals surface area contributed by atoms with Crippen molar-refractivity contribution in [2.24, 2.45) is 5.73 Å². The minimum atomic E-state index is -0.552. The Labute approximate surface area is 185 Å². The molecule has 2 amide bonds. The minimum Gasteiger partial charge on any atom is -0.366 e. The fourth-order valence-corrected chi connectivity index (χ4v) is 3.24. The Morgan fingerprint density at radius 2 is 1.88 bits per heavy atom. The molecule has 2 aromatic heterocycles. The number of hydrogen-bond acceptors (Lipinski definition) is 4. The number of carbonyl (C=O) groups excluding carboxylic acids is 2. The van der Waals surface area contributed by atoms with Gasteiger partial charge in [0.25, 0.3) is 0 Å². The predicted molar refractivity (Wildman–Crippen MR) is 124 cm³/mol. The summed E-state index contributed by atoms with van der Waals surface area (Å²) in [5.41, 5.74) is 9.61. The van der Waals surface area contributed by atoms with Crippen LogP contribution >= 0.6 is 0 Å². The summed E-state index contributed by atoms with van der Waals surface area (Å²) < 4.78 is 1.84. The van der Waals surface area contributed by atoms with Gasteiger partial charge in [0.15, 0.2) is 0 Å². The number of nitrogens with two attached hydrogens (primary N) is 1. The first-order valence-corrected chi connectivity index (χ1v) is 9.99. The van der Waals surface area contributed by atoms with Gasteiger partial charge in [0, 0.05) is 47.0 Å². The van der Waals surface area contributed by atoms with Crippen molar-refractivity contribution in [1.82, 2.24) is 14.8 Å². The van der Waals surface area contributed by atoms with Gasteiger partial charge in [-0.15, -0.1) is 0 Å². The second kappa shape index (κ2) is 9.53. The Morgan fingerprint density at radius 3 is 2.62 bits per heavy atom. The van der Waals surface area contributed by atoms with Crippen molar-refractivity contribution >= 4 is 23.6 Å². The van der Waals surface area contributed by atoms with E-state index in [1.54, 1.807) is 36.7 Å². The van der Waals surface area contributed by atoms with E-state index in [9.17, 15) is 9.59 Å². The second-order valence-corrected chi connectivity index (χ2v) is 7.13. The molecular formula is C25H21N5O2. The average molecular weight is 423 g/mol. The van der Waals surface area contributed by atoms with Crippen molar-refractivity contribution in [2.75, 3.05) is 5.32 Å². The largest absolute Gasteiger partial charge is 0.366 e. The molecule has 0 bridgehead atoms. The fraction of sp³-hybridized carbons (Fsp3) is 0.0400. The van der Waals surface area contributed by atoms with Crippen LogP contribution in [-0.4, -0.2) is 26.6 Å². The number of benzene rings is 2. The van der Waals surface area contributed by atoms with Crippen LogP contribution in [0.25, 0.3) is 17.3 Å². The van der Waals surface area contributed by atoms with Gasteiger partial charge < -0.3 is 11.1 Å². The molecule has 0 radical (unpaired) electrons. The van der Waals surface area contributed by atoms with Gasteiger partial charge in [-0.1, -0.05) is 36.4 Å². The fourth-order valence-electron chi connectivity index (χ4n) is 3.24. The van der Waals surface area contributed by atoms with Gasteiger partial charge in [0.1, 0.15) is 5.69 Å². The van der Waals surface area contributed by atoms with Crippen LogP contribution in [0.2, 0.25) is 0 Å². The molecule has 158 valence electrons. The number of nitrogens with one attached hydrogen (secondary N) is 1. The lowest BCUT2D eigenvalue weighted by atomic mass is 10.1. The van der Waals surface area contributed by atoms with E-state index in [2.05, 4.69) is 10.3 Å². The molecule has 0 saturated carbocycles. The highest BCUT2D eigenvalue weighted by Crippen LogP contribution is 2.23. The number of carbonyl (C=O) groups is 2. The highest BCUT2D eigenvalue weighted by Gasteiger charge is 2.11. The lowest BCUT2D eigenvalue weighted by molar-refractivity contribution is -0.111. The summed E-state index contributed by atoms with van der Waals surface area (Å²) in [5.74, 6) is -0.886. The molecule has 0 spiro atoms. The molecular weight excluding hydrogens is 402 g/mol. The molecule has 0 atom stereocenters. The Morgan fingerprint density at radius 1 is 1.03 bits per heavy atom. The zero-order valence-corrected chi connectivity index (χ0v) is 17.2. The third-order valence-electron chi connectivity index (χ3n) is 4.74. The molecule has 3 N–H and O–H groups in total. The van der Waals surface area contributed by atoms with Gasteiger partial charge in [-0.2, -0.15) is 5.10 Å². The standard InChI is InChI=1S/C25H21N5O2/c26-25(32)19-8-4-10-22(14-19)28-23(31)12-11-21-17-30(16-18-6-2-1-3-7-18)29-24(21)20-9-5-13-27-15-20/h1-15,17H,16H2,(H2,26,32)(H,28,31). The molecule has 32 heavy (non-hydrogen) atoms. The number of primary amides is 1. The van der Waals surface area contributed by atoms with Crippen molar-refractivity contribution in [3.8, 4) is 11.3 Å². The maximum atomic E-state index is 12.5. The van der Waals surface area contributed by atoms with Crippen molar-refractivity contribution in [3.63, 3.8) is 0 Å². The highest BCUT2D eigenvalue weighted by molar-refractivity contribution is 6.03. The molecule has 0 saturated heterocycles. The van der Waals surface area contributed by atoms with E-state index < -0.39 is 5.91 Å². The molecule has 0 aliphatic carbocycles. The molecule has 7 heteroatoms. The lowest BCUT2D eigenvalue weighted by Crippen LogP contribution is -2.12. The highest BCUT2D eigenvalue weighted by atomic mass is 16.1. The van der Waals surface area contributed by atoms with Crippen molar-refractivity contribution < 1.29 is 9.59 Å². The third kappa shape index (κ3) is 5.14. The van der Waals surface area contributed by atoms with Crippen molar-refractivity contribution in [2.45, 2.75) is 6.54 Å². The zero-order chi connectivity index (χ0) is 22.3. The van der Waals surface area contributed by atoms with Gasteiger partial charge >= 0.3 is 0 Å². The van der Waals surface area contributed by atoms with Crippen LogP contribution in [0, 0.1) is 0 Å². The summed E-state index contributed by atoms with van der Waals surface area (Å²) in [4.78, 5) is 28.0. The number of amides is 2. The number of pyridine rings is 1. The van der Waals surface area contributed by atoms with Crippen LogP contribution in [0.1, 0.15) is 21.5 Å². The van der Waals surface area contributed by atoms with Crippen molar-refractivity contribution in [3.05, 3.63) is 108 Å². The van der Waals surface area contributed by atoms with Gasteiger partial charge in [0.05, 0.1) is 6.54 Å². The Bertz CT molecular complexity index is 1260. The first-order valence-electron chi connectivity index (χ1n) is 9.99. The topological polar surface area (TPSA) is 103 Å². The first-order chi connectivity index (χ1) is 15.6. The van der Waals surface area contributed by atoms with Crippen LogP contribution in [0.5, 0.6) is 0 Å². The van der Waals surface area contributed by atoms with Crippen LogP contribution in [-0.2, 0) is 11.3 Å². The van der Waals surface area contributed by atoms with Gasteiger partial charge in [0.2, 0.25) is 11.8 Å². The molecule has 4 rings (SSSR count). The third-order valence-corrected chi connectivity index (χ3v) is 4.74. The van der Waals surface area contributed by atoms with Crippen LogP contribution in [0.4, 0.5) is 5.69 Å². The maximum Gasteiger partial charge on any atom is 0.248 e. The van der Waals surface area contributed by atoms with Gasteiger partial charge in [-0.25, -0.2) is 0 Å². The Hall–Kier alpha value is -4.52. The Balaban J connectivity index is 1.57. The molecule has 2 aromatic carbocycles. The van der Waals surface area contributed by atoms with E-state index >= 15 is 0 Å². The molecule has 0 aliphatic rings. The number of rotatable bonds is 7. The Kier molecular flexibility index (Phi) is 6.17. The van der Waals surface area contributed by atoms with E-state index in [-0.39, 0.29) is 5.91 Å². The summed E-state index contributed by atoms with van der Waals surface area (Å²) in [5, 5.41) is 7.45. The monoisotopic (exact) mass is 423 g/mol. The maximum absolute atomic E-state index is 12.5. The summed E-state index contributed by atoms with van der Waals surface area (Å²) in [6, 6.07) is 20.3. The molecule has 0 aliphatic heterocycles. The minimum absolute atomic E-state index is 0.327. The van der Waals surface area contributed by atoms with Crippen LogP contribution in [0.3, 0.4) is 0 Å². The second-order valence-electron chi connectivity index (χ2n) is 7.13. The number of anilines is 1. The number of nitrogens with zero attached hydrogens (tertiary/aromatic N) is 3. The summed E-state index contributed by atoms with van der Waals surface area (Å²) in [6.07, 6.45) is 8.48. The SMILES string of the molecule is NC(=O)c1cccc(NC(=O)C=Cc2cn(Cc3ccccc3)nc2-c2cccnc2)c1. The molecule has 4 aromatic rings. The molecule has 7 nitrogen and oxygen atoms in total. The number of aromatic nitrogens is 3. The van der Waals surface area contributed by atoms with E-state index in [4.69, 9.17) is 10.8 Å². The first kappa shape index (κ1) is 20.7. The summed E-state index contributed by atoms with van der Waals surface area (Å²) >= 11 is 0. The molecule has 0 unspecified atom stereocenters. The van der Waals surface area contributed by atoms with Crippen LogP contribution in [0.15, 0.2) is 91.4 Å².